The van der Waals surface area contributed by atoms with Gasteiger partial charge in [0.1, 0.15) is 0 Å². The molecular weight excluding hydrogens is 246 g/mol. The van der Waals surface area contributed by atoms with E-state index in [1.807, 2.05) is 0 Å². The molecule has 0 bridgehead atoms. The third-order valence-electron chi connectivity index (χ3n) is 5.19. The van der Waals surface area contributed by atoms with Crippen molar-refractivity contribution < 1.29 is 0 Å². The van der Waals surface area contributed by atoms with E-state index in [2.05, 4.69) is 40.1 Å². The molecule has 2 saturated heterocycles. The Labute approximate surface area is 122 Å². The van der Waals surface area contributed by atoms with Gasteiger partial charge in [-0.2, -0.15) is 0 Å². The zero-order valence-corrected chi connectivity index (χ0v) is 12.4. The Morgan fingerprint density at radius 2 is 1.60 bits per heavy atom. The van der Waals surface area contributed by atoms with Crippen LogP contribution in [-0.2, 0) is 6.54 Å². The van der Waals surface area contributed by atoms with Gasteiger partial charge in [-0.15, -0.1) is 0 Å². The van der Waals surface area contributed by atoms with E-state index in [0.29, 0.717) is 5.54 Å². The van der Waals surface area contributed by atoms with E-state index >= 15 is 0 Å². The lowest BCUT2D eigenvalue weighted by molar-refractivity contribution is 0.0410. The van der Waals surface area contributed by atoms with Crippen molar-refractivity contribution in [1.29, 1.82) is 0 Å². The van der Waals surface area contributed by atoms with Gasteiger partial charge in [-0.25, -0.2) is 0 Å². The first-order chi connectivity index (χ1) is 9.82. The Bertz CT molecular complexity index is 404. The van der Waals surface area contributed by atoms with Crippen molar-refractivity contribution >= 4 is 0 Å². The van der Waals surface area contributed by atoms with Gasteiger partial charge in [-0.1, -0.05) is 30.3 Å². The van der Waals surface area contributed by atoms with Gasteiger partial charge in [0.2, 0.25) is 0 Å². The standard InChI is InChI=1S/C17H27N3/c18-15-17(20-10-4-5-11-20)8-12-19(13-9-17)14-16-6-2-1-3-7-16/h1-3,6-7H,4-5,8-15,18H2. The molecule has 1 aromatic carbocycles. The third-order valence-corrected chi connectivity index (χ3v) is 5.19. The van der Waals surface area contributed by atoms with Crippen LogP contribution in [0.4, 0.5) is 0 Å². The fourth-order valence-corrected chi connectivity index (χ4v) is 3.81. The fraction of sp³-hybridized carbons (Fsp3) is 0.647. The molecule has 0 aliphatic carbocycles. The number of nitrogens with zero attached hydrogens (tertiary/aromatic N) is 2. The maximum absolute atomic E-state index is 6.16. The van der Waals surface area contributed by atoms with Gasteiger partial charge in [-0.05, 0) is 44.3 Å². The molecule has 0 aromatic heterocycles. The lowest BCUT2D eigenvalue weighted by Crippen LogP contribution is -2.58. The maximum atomic E-state index is 6.16. The molecule has 2 aliphatic rings. The summed E-state index contributed by atoms with van der Waals surface area (Å²) < 4.78 is 0. The van der Waals surface area contributed by atoms with Crippen LogP contribution in [0.3, 0.4) is 0 Å². The van der Waals surface area contributed by atoms with E-state index in [4.69, 9.17) is 5.73 Å². The second-order valence-electron chi connectivity index (χ2n) is 6.38. The number of hydrogen-bond donors (Lipinski definition) is 1. The first-order valence-electron chi connectivity index (χ1n) is 8.04. The van der Waals surface area contributed by atoms with Crippen LogP contribution in [0.15, 0.2) is 30.3 Å². The number of hydrogen-bond acceptors (Lipinski definition) is 3. The molecule has 2 N–H and O–H groups in total. The van der Waals surface area contributed by atoms with Gasteiger partial charge in [-0.3, -0.25) is 9.80 Å². The Balaban J connectivity index is 1.58. The van der Waals surface area contributed by atoms with Crippen LogP contribution >= 0.6 is 0 Å². The molecule has 0 atom stereocenters. The second kappa shape index (κ2) is 6.25. The van der Waals surface area contributed by atoms with E-state index in [-0.39, 0.29) is 0 Å². The highest BCUT2D eigenvalue weighted by atomic mass is 15.3. The van der Waals surface area contributed by atoms with Crippen molar-refractivity contribution in [3.05, 3.63) is 35.9 Å². The van der Waals surface area contributed by atoms with Crippen LogP contribution in [0.25, 0.3) is 0 Å². The molecule has 0 saturated carbocycles. The summed E-state index contributed by atoms with van der Waals surface area (Å²) in [6.07, 6.45) is 5.18. The molecule has 3 nitrogen and oxygen atoms in total. The largest absolute Gasteiger partial charge is 0.329 e. The minimum atomic E-state index is 0.295. The highest BCUT2D eigenvalue weighted by Gasteiger charge is 2.39. The Kier molecular flexibility index (Phi) is 4.39. The van der Waals surface area contributed by atoms with Crippen LogP contribution < -0.4 is 5.73 Å². The van der Waals surface area contributed by atoms with Gasteiger partial charge in [0.15, 0.2) is 0 Å². The summed E-state index contributed by atoms with van der Waals surface area (Å²) in [5.74, 6) is 0. The third kappa shape index (κ3) is 2.90. The molecule has 2 heterocycles. The summed E-state index contributed by atoms with van der Waals surface area (Å²) in [6, 6.07) is 10.8. The predicted molar refractivity (Wildman–Crippen MR) is 83.5 cm³/mol. The summed E-state index contributed by atoms with van der Waals surface area (Å²) in [5.41, 5.74) is 7.88. The van der Waals surface area contributed by atoms with E-state index in [9.17, 15) is 0 Å². The minimum absolute atomic E-state index is 0.295. The van der Waals surface area contributed by atoms with Gasteiger partial charge in [0.25, 0.3) is 0 Å². The summed E-state index contributed by atoms with van der Waals surface area (Å²) in [4.78, 5) is 5.26. The lowest BCUT2D eigenvalue weighted by Gasteiger charge is -2.47. The molecular formula is C17H27N3. The van der Waals surface area contributed by atoms with Crippen LogP contribution in [0.5, 0.6) is 0 Å². The molecule has 0 spiro atoms. The van der Waals surface area contributed by atoms with E-state index < -0.39 is 0 Å². The van der Waals surface area contributed by atoms with E-state index in [1.165, 1.54) is 57.4 Å². The summed E-state index contributed by atoms with van der Waals surface area (Å²) in [6.45, 7) is 6.80. The molecule has 3 heteroatoms. The van der Waals surface area contributed by atoms with Crippen LogP contribution in [0.1, 0.15) is 31.2 Å². The van der Waals surface area contributed by atoms with Crippen molar-refractivity contribution in [2.75, 3.05) is 32.7 Å². The van der Waals surface area contributed by atoms with E-state index in [0.717, 1.165) is 13.1 Å². The van der Waals surface area contributed by atoms with Gasteiger partial charge in [0.05, 0.1) is 0 Å². The molecule has 1 aromatic rings. The Hall–Kier alpha value is -0.900. The van der Waals surface area contributed by atoms with Gasteiger partial charge < -0.3 is 5.73 Å². The van der Waals surface area contributed by atoms with Gasteiger partial charge >= 0.3 is 0 Å². The topological polar surface area (TPSA) is 32.5 Å². The monoisotopic (exact) mass is 273 g/mol. The zero-order valence-electron chi connectivity index (χ0n) is 12.4. The van der Waals surface area contributed by atoms with Crippen molar-refractivity contribution in [3.63, 3.8) is 0 Å². The maximum Gasteiger partial charge on any atom is 0.0356 e. The first kappa shape index (κ1) is 14.1. The second-order valence-corrected chi connectivity index (χ2v) is 6.38. The van der Waals surface area contributed by atoms with Crippen LogP contribution in [-0.4, -0.2) is 48.1 Å². The number of benzene rings is 1. The van der Waals surface area contributed by atoms with Crippen LogP contribution in [0.2, 0.25) is 0 Å². The molecule has 110 valence electrons. The molecule has 2 aliphatic heterocycles. The zero-order chi connectivity index (χ0) is 13.8. The number of nitrogens with two attached hydrogens (primary N) is 1. The Morgan fingerprint density at radius 1 is 0.950 bits per heavy atom. The number of rotatable bonds is 4. The average molecular weight is 273 g/mol. The molecule has 2 fully saturated rings. The molecule has 0 radical (unpaired) electrons. The first-order valence-corrected chi connectivity index (χ1v) is 8.04. The smallest absolute Gasteiger partial charge is 0.0356 e. The fourth-order valence-electron chi connectivity index (χ4n) is 3.81. The summed E-state index contributed by atoms with van der Waals surface area (Å²) >= 11 is 0. The van der Waals surface area contributed by atoms with Crippen molar-refractivity contribution in [2.24, 2.45) is 5.73 Å². The number of piperidine rings is 1. The Morgan fingerprint density at radius 3 is 2.20 bits per heavy atom. The number of likely N-dealkylation sites (tertiary alicyclic amines) is 2. The van der Waals surface area contributed by atoms with Gasteiger partial charge in [0, 0.05) is 31.7 Å². The quantitative estimate of drug-likeness (QED) is 0.911. The normalized spacial score (nSPS) is 24.1. The minimum Gasteiger partial charge on any atom is -0.329 e. The average Bonchev–Trinajstić information content (AvgIpc) is 3.04. The molecule has 0 amide bonds. The van der Waals surface area contributed by atoms with Crippen molar-refractivity contribution in [2.45, 2.75) is 37.8 Å². The van der Waals surface area contributed by atoms with E-state index in [1.54, 1.807) is 0 Å². The van der Waals surface area contributed by atoms with Crippen molar-refractivity contribution in [1.82, 2.24) is 9.80 Å². The van der Waals surface area contributed by atoms with Crippen molar-refractivity contribution in [3.8, 4) is 0 Å². The lowest BCUT2D eigenvalue weighted by atomic mass is 9.85. The van der Waals surface area contributed by atoms with Crippen LogP contribution in [0, 0.1) is 0 Å². The summed E-state index contributed by atoms with van der Waals surface area (Å²) in [7, 11) is 0. The highest BCUT2D eigenvalue weighted by molar-refractivity contribution is 5.14. The molecule has 3 rings (SSSR count). The highest BCUT2D eigenvalue weighted by Crippen LogP contribution is 2.31. The summed E-state index contributed by atoms with van der Waals surface area (Å²) in [5, 5.41) is 0. The predicted octanol–water partition coefficient (Wildman–Crippen LogP) is 2.08. The molecule has 20 heavy (non-hydrogen) atoms. The SMILES string of the molecule is NCC1(N2CCCC2)CCN(Cc2ccccc2)CC1. The molecule has 0 unspecified atom stereocenters.